The average molecular weight is 1370 g/mol. The van der Waals surface area contributed by atoms with Gasteiger partial charge in [-0.15, -0.1) is 23.8 Å². The van der Waals surface area contributed by atoms with Gasteiger partial charge in [0, 0.05) is 5.41 Å². The van der Waals surface area contributed by atoms with Crippen LogP contribution in [0.1, 0.15) is 171 Å². The standard InChI is InChI=1S/C84H125O9P3/c1-20-84(63-85-51-60-94(54-45-66-21-33-72(34-22-66)88-78(2,3)4)55-46-67-23-35-73(36-24-67)89-79(5,6)7,64-86-52-61-95(56-47-68-25-37-74(38-26-68)90-80(8,9)10)57-48-69-27-39-75(40-28-69)91-81(11,12)13)65-87-53-62-96(58-49-70-29-41-76(42-30-70)92-82(14,15)16)59-50-71-31-43-77(44-32-71)93-83(17,18)19/h21-44H,20,45-65H2,1-19H3. The van der Waals surface area contributed by atoms with Gasteiger partial charge in [-0.05, 0) is 331 Å². The van der Waals surface area contributed by atoms with Crippen molar-refractivity contribution in [1.29, 1.82) is 0 Å². The van der Waals surface area contributed by atoms with Crippen molar-refractivity contribution in [2.24, 2.45) is 5.41 Å². The smallest absolute Gasteiger partial charge is 0.120 e. The second-order valence-electron chi connectivity index (χ2n) is 32.2. The lowest BCUT2D eigenvalue weighted by Crippen LogP contribution is -2.37. The molecule has 0 aliphatic carbocycles. The van der Waals surface area contributed by atoms with Gasteiger partial charge in [-0.2, -0.15) is 0 Å². The van der Waals surface area contributed by atoms with Crippen molar-refractivity contribution < 1.29 is 42.6 Å². The molecule has 0 saturated carbocycles. The highest BCUT2D eigenvalue weighted by Crippen LogP contribution is 2.41. The molecule has 0 atom stereocenters. The zero-order valence-corrected chi connectivity index (χ0v) is 65.6. The van der Waals surface area contributed by atoms with Crippen molar-refractivity contribution in [2.45, 2.75) is 210 Å². The van der Waals surface area contributed by atoms with Gasteiger partial charge in [-0.1, -0.05) is 79.7 Å². The fourth-order valence-electron chi connectivity index (χ4n) is 11.1. The minimum absolute atomic E-state index is 0.240. The summed E-state index contributed by atoms with van der Waals surface area (Å²) in [6, 6.07) is 52.5. The maximum Gasteiger partial charge on any atom is 0.120 e. The van der Waals surface area contributed by atoms with Gasteiger partial charge in [0.05, 0.1) is 39.6 Å². The third-order valence-electron chi connectivity index (χ3n) is 16.0. The molecule has 0 spiro atoms. The molecule has 12 heteroatoms. The van der Waals surface area contributed by atoms with E-state index in [0.29, 0.717) is 39.6 Å². The average Bonchev–Trinajstić information content (AvgIpc) is 1.26. The van der Waals surface area contributed by atoms with Gasteiger partial charge in [-0.3, -0.25) is 0 Å². The third-order valence-corrected chi connectivity index (χ3v) is 23.6. The summed E-state index contributed by atoms with van der Waals surface area (Å²) < 4.78 is 58.1. The van der Waals surface area contributed by atoms with Crippen LogP contribution in [0.25, 0.3) is 0 Å². The van der Waals surface area contributed by atoms with Crippen LogP contribution in [-0.4, -0.2) is 129 Å². The van der Waals surface area contributed by atoms with Crippen molar-refractivity contribution in [1.82, 2.24) is 0 Å². The lowest BCUT2D eigenvalue weighted by atomic mass is 9.88. The molecule has 6 rings (SSSR count). The lowest BCUT2D eigenvalue weighted by Gasteiger charge is -2.33. The number of ether oxygens (including phenoxy) is 9. The molecule has 6 aromatic carbocycles. The first-order valence-corrected chi connectivity index (χ1v) is 41.4. The summed E-state index contributed by atoms with van der Waals surface area (Å²) in [5.41, 5.74) is 6.35. The SMILES string of the molecule is CCC(COCCP(CCc1ccc(OC(C)(C)C)cc1)CCc1ccc(OC(C)(C)C)cc1)(COCCP(CCc1ccc(OC(C)(C)C)cc1)CCc1ccc(OC(C)(C)C)cc1)COCCP(CCc1ccc(OC(C)(C)C)cc1)CCc1ccc(OC(C)(C)C)cc1. The normalized spacial score (nSPS) is 12.8. The Kier molecular flexibility index (Phi) is 31.9. The van der Waals surface area contributed by atoms with E-state index >= 15 is 0 Å². The van der Waals surface area contributed by atoms with Crippen LogP contribution in [0.2, 0.25) is 0 Å². The van der Waals surface area contributed by atoms with E-state index in [1.165, 1.54) is 33.4 Å². The lowest BCUT2D eigenvalue weighted by molar-refractivity contribution is -0.0649. The van der Waals surface area contributed by atoms with Crippen molar-refractivity contribution in [2.75, 3.05) is 95.1 Å². The van der Waals surface area contributed by atoms with E-state index in [2.05, 4.69) is 277 Å². The van der Waals surface area contributed by atoms with Gasteiger partial charge in [0.15, 0.2) is 0 Å². The summed E-state index contributed by atoms with van der Waals surface area (Å²) in [5.74, 6) is 5.49. The molecule has 0 unspecified atom stereocenters. The van der Waals surface area contributed by atoms with E-state index in [0.717, 1.165) is 135 Å². The molecule has 0 aliphatic heterocycles. The number of hydrogen-bond donors (Lipinski definition) is 0. The molecule has 0 saturated heterocycles. The molecule has 9 nitrogen and oxygen atoms in total. The Hall–Kier alpha value is -4.71. The van der Waals surface area contributed by atoms with Crippen LogP contribution >= 0.6 is 23.8 Å². The van der Waals surface area contributed by atoms with E-state index in [1.54, 1.807) is 0 Å². The van der Waals surface area contributed by atoms with Crippen LogP contribution in [-0.2, 0) is 52.7 Å². The van der Waals surface area contributed by atoms with Gasteiger partial charge in [0.25, 0.3) is 0 Å². The van der Waals surface area contributed by atoms with E-state index in [1.807, 2.05) is 0 Å². The Morgan fingerprint density at radius 3 is 0.521 bits per heavy atom. The summed E-state index contributed by atoms with van der Waals surface area (Å²) in [6.07, 6.45) is 17.0. The van der Waals surface area contributed by atoms with Gasteiger partial charge in [-0.25, -0.2) is 0 Å². The summed E-state index contributed by atoms with van der Waals surface area (Å²) in [7, 11) is -1.04. The topological polar surface area (TPSA) is 83.1 Å². The minimum Gasteiger partial charge on any atom is -0.488 e. The van der Waals surface area contributed by atoms with Gasteiger partial charge in [0.2, 0.25) is 0 Å². The Labute approximate surface area is 587 Å². The molecule has 96 heavy (non-hydrogen) atoms. The second kappa shape index (κ2) is 38.2. The molecule has 0 radical (unpaired) electrons. The molecular weight excluding hydrogens is 1250 g/mol. The van der Waals surface area contributed by atoms with E-state index in [9.17, 15) is 0 Å². The van der Waals surface area contributed by atoms with Crippen molar-refractivity contribution in [3.63, 3.8) is 0 Å². The first-order chi connectivity index (χ1) is 45.1. The Morgan fingerprint density at radius 2 is 0.385 bits per heavy atom. The molecule has 0 bridgehead atoms. The van der Waals surface area contributed by atoms with Gasteiger partial charge in [0.1, 0.15) is 68.1 Å². The number of aryl methyl sites for hydroxylation is 6. The van der Waals surface area contributed by atoms with Crippen LogP contribution in [0.3, 0.4) is 0 Å². The van der Waals surface area contributed by atoms with Crippen molar-refractivity contribution >= 4 is 23.8 Å². The largest absolute Gasteiger partial charge is 0.488 e. The highest BCUT2D eigenvalue weighted by atomic mass is 31.1. The first kappa shape index (κ1) is 80.3. The highest BCUT2D eigenvalue weighted by Gasteiger charge is 2.31. The Morgan fingerprint density at radius 1 is 0.229 bits per heavy atom. The monoisotopic (exact) mass is 1370 g/mol. The molecule has 0 fully saturated rings. The van der Waals surface area contributed by atoms with Crippen molar-refractivity contribution in [3.8, 4) is 34.5 Å². The molecule has 6 aromatic rings. The van der Waals surface area contributed by atoms with Crippen LogP contribution in [0, 0.1) is 5.41 Å². The summed E-state index contributed by atoms with van der Waals surface area (Å²) >= 11 is 0. The summed E-state index contributed by atoms with van der Waals surface area (Å²) in [4.78, 5) is 0. The molecular formula is C84H125O9P3. The Balaban J connectivity index is 1.18. The van der Waals surface area contributed by atoms with E-state index < -0.39 is 0 Å². The minimum atomic E-state index is -0.345. The van der Waals surface area contributed by atoms with E-state index in [4.69, 9.17) is 42.6 Å². The van der Waals surface area contributed by atoms with Crippen molar-refractivity contribution in [3.05, 3.63) is 179 Å². The molecule has 0 aromatic heterocycles. The quantitative estimate of drug-likeness (QED) is 0.0276. The predicted octanol–water partition coefficient (Wildman–Crippen LogP) is 21.4. The number of hydrogen-bond acceptors (Lipinski definition) is 9. The zero-order chi connectivity index (χ0) is 70.1. The first-order valence-electron chi connectivity index (χ1n) is 35.7. The fraction of sp³-hybridized carbons (Fsp3) is 0.571. The number of rotatable bonds is 40. The third kappa shape index (κ3) is 34.4. The van der Waals surface area contributed by atoms with E-state index in [-0.39, 0.29) is 62.8 Å². The number of benzene rings is 6. The summed E-state index contributed by atoms with van der Waals surface area (Å²) in [5, 5.41) is 0. The van der Waals surface area contributed by atoms with Crippen LogP contribution < -0.4 is 28.4 Å². The predicted molar refractivity (Wildman–Crippen MR) is 413 cm³/mol. The molecule has 0 N–H and O–H groups in total. The van der Waals surface area contributed by atoms with Gasteiger partial charge < -0.3 is 42.6 Å². The zero-order valence-electron chi connectivity index (χ0n) is 62.9. The molecule has 0 amide bonds. The van der Waals surface area contributed by atoms with Gasteiger partial charge >= 0.3 is 0 Å². The van der Waals surface area contributed by atoms with Crippen LogP contribution in [0.5, 0.6) is 34.5 Å². The maximum atomic E-state index is 6.99. The van der Waals surface area contributed by atoms with Crippen LogP contribution in [0.15, 0.2) is 146 Å². The Bertz CT molecular complexity index is 2560. The molecule has 0 heterocycles. The maximum absolute atomic E-state index is 6.99. The fourth-order valence-corrected chi connectivity index (χ4v) is 17.7. The highest BCUT2D eigenvalue weighted by molar-refractivity contribution is 7.58. The second-order valence-corrected chi connectivity index (χ2v) is 40.2. The molecule has 530 valence electrons. The van der Waals surface area contributed by atoms with Crippen LogP contribution in [0.4, 0.5) is 0 Å². The summed E-state index contributed by atoms with van der Waals surface area (Å²) in [6.45, 7) is 44.0. The molecule has 0 aliphatic rings.